The minimum atomic E-state index is -0.194. The standard InChI is InChI=1S/C20H18Cl2N2O2/c1-26-12-6-8-17-15(10-12)13-3-2-4-18(19(13)23-17)24-20(25)14-7-5-11(21)9-16(14)22/h5-10,18,23H,2-4H2,1H3,(H,24,25)/t18-/m1/s1. The fourth-order valence-electron chi connectivity index (χ4n) is 3.62. The zero-order valence-electron chi connectivity index (χ0n) is 14.2. The molecule has 134 valence electrons. The van der Waals surface area contributed by atoms with Crippen LogP contribution in [-0.2, 0) is 6.42 Å². The Labute approximate surface area is 161 Å². The van der Waals surface area contributed by atoms with Gasteiger partial charge in [0.05, 0.1) is 23.7 Å². The van der Waals surface area contributed by atoms with Crippen LogP contribution in [0.4, 0.5) is 0 Å². The van der Waals surface area contributed by atoms with Crippen molar-refractivity contribution in [2.45, 2.75) is 25.3 Å². The van der Waals surface area contributed by atoms with E-state index in [1.807, 2.05) is 18.2 Å². The van der Waals surface area contributed by atoms with Crippen molar-refractivity contribution in [3.05, 3.63) is 63.3 Å². The first-order valence-electron chi connectivity index (χ1n) is 8.51. The highest BCUT2D eigenvalue weighted by atomic mass is 35.5. The van der Waals surface area contributed by atoms with E-state index in [2.05, 4.69) is 10.3 Å². The number of benzene rings is 2. The number of ether oxygens (including phenoxy) is 1. The number of rotatable bonds is 3. The quantitative estimate of drug-likeness (QED) is 0.640. The largest absolute Gasteiger partial charge is 0.497 e. The van der Waals surface area contributed by atoms with Crippen LogP contribution < -0.4 is 10.1 Å². The highest BCUT2D eigenvalue weighted by molar-refractivity contribution is 6.36. The number of aromatic amines is 1. The summed E-state index contributed by atoms with van der Waals surface area (Å²) in [5, 5.41) is 5.13. The van der Waals surface area contributed by atoms with Gasteiger partial charge in [0, 0.05) is 21.6 Å². The van der Waals surface area contributed by atoms with Crippen molar-refractivity contribution in [1.29, 1.82) is 0 Å². The van der Waals surface area contributed by atoms with Crippen molar-refractivity contribution in [1.82, 2.24) is 10.3 Å². The number of carbonyl (C=O) groups excluding carboxylic acids is 1. The third-order valence-electron chi connectivity index (χ3n) is 4.90. The number of amides is 1. The lowest BCUT2D eigenvalue weighted by Gasteiger charge is -2.24. The number of fused-ring (bicyclic) bond motifs is 3. The van der Waals surface area contributed by atoms with Gasteiger partial charge in [0.15, 0.2) is 0 Å². The van der Waals surface area contributed by atoms with E-state index in [0.29, 0.717) is 15.6 Å². The van der Waals surface area contributed by atoms with Gasteiger partial charge in [0.1, 0.15) is 5.75 Å². The second-order valence-electron chi connectivity index (χ2n) is 6.47. The molecule has 0 saturated carbocycles. The van der Waals surface area contributed by atoms with Crippen molar-refractivity contribution in [3.8, 4) is 5.75 Å². The second kappa shape index (κ2) is 6.86. The van der Waals surface area contributed by atoms with Gasteiger partial charge in [-0.15, -0.1) is 0 Å². The van der Waals surface area contributed by atoms with E-state index in [4.69, 9.17) is 27.9 Å². The number of aromatic nitrogens is 1. The van der Waals surface area contributed by atoms with E-state index < -0.39 is 0 Å². The molecular formula is C20H18Cl2N2O2. The van der Waals surface area contributed by atoms with Gasteiger partial charge in [-0.3, -0.25) is 4.79 Å². The number of methoxy groups -OCH3 is 1. The average molecular weight is 389 g/mol. The first kappa shape index (κ1) is 17.3. The van der Waals surface area contributed by atoms with Crippen LogP contribution in [0.2, 0.25) is 10.0 Å². The Kier molecular flexibility index (Phi) is 4.55. The molecular weight excluding hydrogens is 371 g/mol. The molecule has 1 aliphatic rings. The maximum atomic E-state index is 12.7. The van der Waals surface area contributed by atoms with Crippen molar-refractivity contribution < 1.29 is 9.53 Å². The fraction of sp³-hybridized carbons (Fsp3) is 0.250. The summed E-state index contributed by atoms with van der Waals surface area (Å²) in [6.45, 7) is 0. The number of H-pyrrole nitrogens is 1. The van der Waals surface area contributed by atoms with Crippen LogP contribution in [0.15, 0.2) is 36.4 Å². The normalized spacial score (nSPS) is 16.3. The molecule has 0 aliphatic heterocycles. The minimum Gasteiger partial charge on any atom is -0.497 e. The van der Waals surface area contributed by atoms with Crippen LogP contribution in [0.25, 0.3) is 10.9 Å². The molecule has 4 nitrogen and oxygen atoms in total. The van der Waals surface area contributed by atoms with E-state index in [-0.39, 0.29) is 11.9 Å². The maximum absolute atomic E-state index is 12.7. The van der Waals surface area contributed by atoms with E-state index >= 15 is 0 Å². The molecule has 3 aromatic rings. The van der Waals surface area contributed by atoms with Gasteiger partial charge in [-0.1, -0.05) is 23.2 Å². The molecule has 0 radical (unpaired) electrons. The first-order valence-corrected chi connectivity index (χ1v) is 9.27. The Morgan fingerprint density at radius 3 is 2.85 bits per heavy atom. The molecule has 1 aromatic heterocycles. The summed E-state index contributed by atoms with van der Waals surface area (Å²) in [5.74, 6) is 0.638. The summed E-state index contributed by atoms with van der Waals surface area (Å²) in [7, 11) is 1.67. The number of carbonyl (C=O) groups is 1. The predicted octanol–water partition coefficient (Wildman–Crippen LogP) is 5.29. The van der Waals surface area contributed by atoms with Gasteiger partial charge in [-0.25, -0.2) is 0 Å². The summed E-state index contributed by atoms with van der Waals surface area (Å²) in [6, 6.07) is 10.8. The van der Waals surface area contributed by atoms with Crippen molar-refractivity contribution in [2.75, 3.05) is 7.11 Å². The second-order valence-corrected chi connectivity index (χ2v) is 7.31. The van der Waals surface area contributed by atoms with E-state index in [1.54, 1.807) is 25.3 Å². The van der Waals surface area contributed by atoms with Crippen LogP contribution in [0.3, 0.4) is 0 Å². The van der Waals surface area contributed by atoms with Crippen LogP contribution in [0, 0.1) is 0 Å². The molecule has 26 heavy (non-hydrogen) atoms. The molecule has 2 N–H and O–H groups in total. The van der Waals surface area contributed by atoms with Gasteiger partial charge in [-0.05, 0) is 61.2 Å². The molecule has 0 fully saturated rings. The zero-order valence-corrected chi connectivity index (χ0v) is 15.7. The Hall–Kier alpha value is -2.17. The average Bonchev–Trinajstić information content (AvgIpc) is 3.00. The number of hydrogen-bond acceptors (Lipinski definition) is 2. The summed E-state index contributed by atoms with van der Waals surface area (Å²) in [4.78, 5) is 16.2. The van der Waals surface area contributed by atoms with Crippen LogP contribution >= 0.6 is 23.2 Å². The van der Waals surface area contributed by atoms with E-state index in [0.717, 1.165) is 41.6 Å². The van der Waals surface area contributed by atoms with Gasteiger partial charge in [0.25, 0.3) is 5.91 Å². The SMILES string of the molecule is COc1ccc2[nH]c3c(c2c1)CCC[C@H]3NC(=O)c1ccc(Cl)cc1Cl. The maximum Gasteiger partial charge on any atom is 0.253 e. The lowest BCUT2D eigenvalue weighted by atomic mass is 9.91. The summed E-state index contributed by atoms with van der Waals surface area (Å²) in [5.41, 5.74) is 3.80. The fourth-order valence-corrected chi connectivity index (χ4v) is 4.12. The smallest absolute Gasteiger partial charge is 0.253 e. The topological polar surface area (TPSA) is 54.1 Å². The van der Waals surface area contributed by atoms with Crippen LogP contribution in [0.1, 0.15) is 40.5 Å². The summed E-state index contributed by atoms with van der Waals surface area (Å²) < 4.78 is 5.35. The Morgan fingerprint density at radius 2 is 2.08 bits per heavy atom. The number of hydrogen-bond donors (Lipinski definition) is 2. The Bertz CT molecular complexity index is 997. The molecule has 0 spiro atoms. The van der Waals surface area contributed by atoms with Gasteiger partial charge in [0.2, 0.25) is 0 Å². The molecule has 1 heterocycles. The van der Waals surface area contributed by atoms with Gasteiger partial charge in [-0.2, -0.15) is 0 Å². The molecule has 1 aliphatic carbocycles. The summed E-state index contributed by atoms with van der Waals surface area (Å²) >= 11 is 12.1. The number of nitrogens with one attached hydrogen (secondary N) is 2. The monoisotopic (exact) mass is 388 g/mol. The van der Waals surface area contributed by atoms with Gasteiger partial charge < -0.3 is 15.0 Å². The van der Waals surface area contributed by atoms with Crippen LogP contribution in [-0.4, -0.2) is 18.0 Å². The molecule has 1 atom stereocenters. The Morgan fingerprint density at radius 1 is 1.23 bits per heavy atom. The predicted molar refractivity (Wildman–Crippen MR) is 104 cm³/mol. The molecule has 1 amide bonds. The van der Waals surface area contributed by atoms with Crippen LogP contribution in [0.5, 0.6) is 5.75 Å². The minimum absolute atomic E-state index is 0.0728. The van der Waals surface area contributed by atoms with Crippen molar-refractivity contribution in [2.24, 2.45) is 0 Å². The molecule has 0 bridgehead atoms. The molecule has 6 heteroatoms. The lowest BCUT2D eigenvalue weighted by Crippen LogP contribution is -2.31. The lowest BCUT2D eigenvalue weighted by molar-refractivity contribution is 0.0932. The third kappa shape index (κ3) is 3.04. The summed E-state index contributed by atoms with van der Waals surface area (Å²) in [6.07, 6.45) is 2.88. The van der Waals surface area contributed by atoms with E-state index in [9.17, 15) is 4.79 Å². The van der Waals surface area contributed by atoms with Gasteiger partial charge >= 0.3 is 0 Å². The van der Waals surface area contributed by atoms with E-state index in [1.165, 1.54) is 5.56 Å². The third-order valence-corrected chi connectivity index (χ3v) is 5.44. The zero-order chi connectivity index (χ0) is 18.3. The van der Waals surface area contributed by atoms with Crippen molar-refractivity contribution >= 4 is 40.0 Å². The molecule has 0 unspecified atom stereocenters. The highest BCUT2D eigenvalue weighted by Gasteiger charge is 2.26. The Balaban J connectivity index is 1.66. The number of halogens is 2. The number of aryl methyl sites for hydroxylation is 1. The molecule has 0 saturated heterocycles. The molecule has 2 aromatic carbocycles. The molecule has 4 rings (SSSR count). The highest BCUT2D eigenvalue weighted by Crippen LogP contribution is 2.36. The van der Waals surface area contributed by atoms with Crippen molar-refractivity contribution in [3.63, 3.8) is 0 Å². The first-order chi connectivity index (χ1) is 12.6.